The molecule has 1 N–H and O–H groups in total. The monoisotopic (exact) mass is 338 g/mol. The van der Waals surface area contributed by atoms with Crippen molar-refractivity contribution in [2.75, 3.05) is 26.2 Å². The average molecular weight is 340 g/mol. The topological polar surface area (TPSA) is 15.3 Å². The van der Waals surface area contributed by atoms with Crippen LogP contribution in [-0.4, -0.2) is 31.1 Å². The molecule has 0 radical (unpaired) electrons. The van der Waals surface area contributed by atoms with Crippen molar-refractivity contribution in [2.24, 2.45) is 0 Å². The lowest BCUT2D eigenvalue weighted by Crippen LogP contribution is -2.27. The highest BCUT2D eigenvalue weighted by Crippen LogP contribution is 2.31. The van der Waals surface area contributed by atoms with Gasteiger partial charge in [-0.05, 0) is 54.6 Å². The van der Waals surface area contributed by atoms with Gasteiger partial charge in [-0.3, -0.25) is 0 Å². The zero-order valence-electron chi connectivity index (χ0n) is 10.4. The van der Waals surface area contributed by atoms with Crippen LogP contribution in [0.4, 0.5) is 0 Å². The summed E-state index contributed by atoms with van der Waals surface area (Å²) in [7, 11) is 0. The third-order valence-corrected chi connectivity index (χ3v) is 5.19. The van der Waals surface area contributed by atoms with Crippen LogP contribution in [0, 0.1) is 0 Å². The van der Waals surface area contributed by atoms with Gasteiger partial charge in [0.25, 0.3) is 0 Å². The molecule has 1 aromatic rings. The van der Waals surface area contributed by atoms with E-state index in [-0.39, 0.29) is 0 Å². The van der Waals surface area contributed by atoms with Crippen LogP contribution in [0.25, 0.3) is 0 Å². The van der Waals surface area contributed by atoms with E-state index in [0.717, 1.165) is 35.0 Å². The molecular weight excluding hydrogens is 320 g/mol. The average Bonchev–Trinajstić information content (AvgIpc) is 2.63. The van der Waals surface area contributed by atoms with E-state index >= 15 is 0 Å². The van der Waals surface area contributed by atoms with Crippen molar-refractivity contribution < 1.29 is 0 Å². The zero-order valence-corrected chi connectivity index (χ0v) is 13.6. The molecule has 5 heteroatoms. The highest BCUT2D eigenvalue weighted by atomic mass is 79.9. The molecule has 0 fully saturated rings. The Morgan fingerprint density at radius 2 is 2.12 bits per heavy atom. The van der Waals surface area contributed by atoms with Crippen LogP contribution in [0.3, 0.4) is 0 Å². The summed E-state index contributed by atoms with van der Waals surface area (Å²) >= 11 is 11.0. The van der Waals surface area contributed by atoms with Gasteiger partial charge in [0.05, 0.1) is 0 Å². The van der Waals surface area contributed by atoms with Crippen molar-refractivity contribution in [3.8, 4) is 0 Å². The van der Waals surface area contributed by atoms with Gasteiger partial charge in [0.15, 0.2) is 0 Å². The Morgan fingerprint density at radius 1 is 1.41 bits per heavy atom. The fraction of sp³-hybridized carbons (Fsp3) is 0.667. The largest absolute Gasteiger partial charge is 0.312 e. The van der Waals surface area contributed by atoms with E-state index in [1.54, 1.807) is 11.3 Å². The molecular formula is C12H20BrClN2S. The second kappa shape index (κ2) is 8.48. The quantitative estimate of drug-likeness (QED) is 0.721. The lowest BCUT2D eigenvalue weighted by atomic mass is 10.3. The van der Waals surface area contributed by atoms with Gasteiger partial charge in [-0.1, -0.05) is 25.4 Å². The second-order valence-electron chi connectivity index (χ2n) is 3.89. The van der Waals surface area contributed by atoms with E-state index in [2.05, 4.69) is 46.1 Å². The third kappa shape index (κ3) is 5.71. The summed E-state index contributed by atoms with van der Waals surface area (Å²) in [4.78, 5) is 3.73. The number of halogens is 2. The predicted molar refractivity (Wildman–Crippen MR) is 81.1 cm³/mol. The van der Waals surface area contributed by atoms with Gasteiger partial charge < -0.3 is 10.2 Å². The summed E-state index contributed by atoms with van der Waals surface area (Å²) in [6, 6.07) is 2.09. The Kier molecular flexibility index (Phi) is 7.71. The van der Waals surface area contributed by atoms with Gasteiger partial charge in [-0.2, -0.15) is 0 Å². The summed E-state index contributed by atoms with van der Waals surface area (Å²) in [6.45, 7) is 9.85. The molecule has 0 atom stereocenters. The molecule has 0 bridgehead atoms. The minimum Gasteiger partial charge on any atom is -0.312 e. The highest BCUT2D eigenvalue weighted by molar-refractivity contribution is 9.10. The number of nitrogens with zero attached hydrogens (tertiary/aromatic N) is 1. The van der Waals surface area contributed by atoms with E-state index in [1.165, 1.54) is 17.8 Å². The number of nitrogens with one attached hydrogen (secondary N) is 1. The van der Waals surface area contributed by atoms with Crippen LogP contribution < -0.4 is 5.32 Å². The van der Waals surface area contributed by atoms with Gasteiger partial charge >= 0.3 is 0 Å². The first kappa shape index (κ1) is 15.4. The van der Waals surface area contributed by atoms with E-state index in [4.69, 9.17) is 11.6 Å². The molecule has 0 unspecified atom stereocenters. The van der Waals surface area contributed by atoms with Crippen LogP contribution in [0.1, 0.15) is 25.1 Å². The van der Waals surface area contributed by atoms with Gasteiger partial charge in [-0.15, -0.1) is 11.3 Å². The summed E-state index contributed by atoms with van der Waals surface area (Å²) in [5.74, 6) is 0. The van der Waals surface area contributed by atoms with Crippen molar-refractivity contribution >= 4 is 38.9 Å². The van der Waals surface area contributed by atoms with E-state index < -0.39 is 0 Å². The number of thiophene rings is 1. The van der Waals surface area contributed by atoms with E-state index in [1.807, 2.05) is 0 Å². The minimum absolute atomic E-state index is 0.838. The Bertz CT molecular complexity index is 307. The minimum atomic E-state index is 0.838. The molecule has 0 amide bonds. The zero-order chi connectivity index (χ0) is 12.7. The van der Waals surface area contributed by atoms with Crippen molar-refractivity contribution in [2.45, 2.75) is 26.8 Å². The normalized spacial score (nSPS) is 11.4. The van der Waals surface area contributed by atoms with Crippen LogP contribution in [0.2, 0.25) is 4.34 Å². The summed E-state index contributed by atoms with van der Waals surface area (Å²) in [5.41, 5.74) is 0. The maximum atomic E-state index is 5.99. The molecule has 0 aliphatic rings. The molecule has 1 aromatic heterocycles. The van der Waals surface area contributed by atoms with Gasteiger partial charge in [-0.25, -0.2) is 0 Å². The smallest absolute Gasteiger partial charge is 0.107 e. The predicted octanol–water partition coefficient (Wildman–Crippen LogP) is 3.99. The first-order valence-corrected chi connectivity index (χ1v) is 8.02. The fourth-order valence-electron chi connectivity index (χ4n) is 1.66. The molecule has 0 aliphatic heterocycles. The van der Waals surface area contributed by atoms with Crippen LogP contribution in [-0.2, 0) is 6.54 Å². The highest BCUT2D eigenvalue weighted by Gasteiger charge is 2.04. The Morgan fingerprint density at radius 3 is 2.65 bits per heavy atom. The number of hydrogen-bond donors (Lipinski definition) is 1. The third-order valence-electron chi connectivity index (χ3n) is 2.72. The van der Waals surface area contributed by atoms with E-state index in [9.17, 15) is 0 Å². The van der Waals surface area contributed by atoms with Crippen LogP contribution in [0.5, 0.6) is 0 Å². The van der Waals surface area contributed by atoms with Crippen molar-refractivity contribution in [1.82, 2.24) is 10.2 Å². The number of rotatable bonds is 8. The lowest BCUT2D eigenvalue weighted by molar-refractivity contribution is 0.298. The maximum absolute atomic E-state index is 5.99. The maximum Gasteiger partial charge on any atom is 0.107 e. The van der Waals surface area contributed by atoms with E-state index in [0.29, 0.717) is 0 Å². The lowest BCUT2D eigenvalue weighted by Gasteiger charge is -2.17. The first-order chi connectivity index (χ1) is 8.17. The Labute approximate surface area is 121 Å². The molecule has 0 aromatic carbocycles. The van der Waals surface area contributed by atoms with Crippen molar-refractivity contribution in [3.05, 3.63) is 19.8 Å². The molecule has 1 rings (SSSR count). The molecule has 0 aliphatic carbocycles. The van der Waals surface area contributed by atoms with Crippen LogP contribution in [0.15, 0.2) is 10.5 Å². The van der Waals surface area contributed by atoms with Gasteiger partial charge in [0.1, 0.15) is 4.34 Å². The van der Waals surface area contributed by atoms with Crippen molar-refractivity contribution in [1.29, 1.82) is 0 Å². The van der Waals surface area contributed by atoms with Crippen LogP contribution >= 0.6 is 38.9 Å². The van der Waals surface area contributed by atoms with Crippen molar-refractivity contribution in [3.63, 3.8) is 0 Å². The molecule has 0 saturated carbocycles. The summed E-state index contributed by atoms with van der Waals surface area (Å²) in [5, 5.41) is 3.45. The summed E-state index contributed by atoms with van der Waals surface area (Å²) in [6.07, 6.45) is 1.20. The molecule has 98 valence electrons. The van der Waals surface area contributed by atoms with Gasteiger partial charge in [0, 0.05) is 15.9 Å². The summed E-state index contributed by atoms with van der Waals surface area (Å²) < 4.78 is 1.84. The first-order valence-electron chi connectivity index (χ1n) is 6.04. The second-order valence-corrected chi connectivity index (χ2v) is 6.48. The van der Waals surface area contributed by atoms with Gasteiger partial charge in [0.2, 0.25) is 0 Å². The molecule has 0 saturated heterocycles. The molecule has 0 spiro atoms. The molecule has 2 nitrogen and oxygen atoms in total. The SMILES string of the molecule is CCN(CC)CCCNCc1cc(Br)c(Cl)s1. The number of hydrogen-bond acceptors (Lipinski definition) is 3. The fourth-order valence-corrected chi connectivity index (χ4v) is 3.42. The standard InChI is InChI=1S/C12H20BrClN2S/c1-3-16(4-2)7-5-6-15-9-10-8-11(13)12(14)17-10/h8,15H,3-7,9H2,1-2H3. The molecule has 1 heterocycles. The molecule has 17 heavy (non-hydrogen) atoms. The Balaban J connectivity index is 2.12. The Hall–Kier alpha value is 0.390.